The summed E-state index contributed by atoms with van der Waals surface area (Å²) in [5.41, 5.74) is 3.43. The Morgan fingerprint density at radius 2 is 1.63 bits per heavy atom. The van der Waals surface area contributed by atoms with Crippen LogP contribution >= 0.6 is 35.0 Å². The first kappa shape index (κ1) is 37.9. The van der Waals surface area contributed by atoms with E-state index < -0.39 is 17.9 Å². The number of amides is 3. The maximum atomic E-state index is 14.1. The Kier molecular flexibility index (Phi) is 13.3. The van der Waals surface area contributed by atoms with E-state index in [0.29, 0.717) is 32.8 Å². The van der Waals surface area contributed by atoms with Gasteiger partial charge in [0.1, 0.15) is 12.2 Å². The first-order chi connectivity index (χ1) is 25.2. The maximum Gasteiger partial charge on any atom is 0.285 e. The van der Waals surface area contributed by atoms with E-state index in [0.717, 1.165) is 28.5 Å². The number of amidine groups is 1. The number of halogens is 2. The molecule has 11 heteroatoms. The number of methoxy groups -OCH3 is 1. The Morgan fingerprint density at radius 1 is 0.942 bits per heavy atom. The first-order valence-corrected chi connectivity index (χ1v) is 17.9. The van der Waals surface area contributed by atoms with Crippen LogP contribution < -0.4 is 14.8 Å². The van der Waals surface area contributed by atoms with Crippen molar-refractivity contribution in [3.63, 3.8) is 0 Å². The molecule has 0 atom stereocenters. The largest absolute Gasteiger partial charge is 0.493 e. The van der Waals surface area contributed by atoms with Crippen molar-refractivity contribution >= 4 is 63.9 Å². The molecule has 0 unspecified atom stereocenters. The minimum Gasteiger partial charge on any atom is -0.493 e. The molecule has 3 amide bonds. The van der Waals surface area contributed by atoms with Crippen molar-refractivity contribution in [2.24, 2.45) is 4.99 Å². The van der Waals surface area contributed by atoms with Gasteiger partial charge in [-0.1, -0.05) is 133 Å². The summed E-state index contributed by atoms with van der Waals surface area (Å²) in [6.07, 6.45) is 8.09. The average molecular weight is 753 g/mol. The smallest absolute Gasteiger partial charge is 0.285 e. The third-order valence-corrected chi connectivity index (χ3v) is 9.47. The lowest BCUT2D eigenvalue weighted by atomic mass is 9.99. The lowest BCUT2D eigenvalue weighted by Crippen LogP contribution is -2.42. The summed E-state index contributed by atoms with van der Waals surface area (Å²) in [5.74, 6) is -0.911. The topological polar surface area (TPSA) is 97.3 Å². The number of aliphatic imine (C=N–C) groups is 1. The molecular formula is C41H35Cl2N3O5S. The lowest BCUT2D eigenvalue weighted by Gasteiger charge is -2.28. The molecule has 1 aliphatic heterocycles. The predicted octanol–water partition coefficient (Wildman–Crippen LogP) is 8.97. The molecule has 0 spiro atoms. The normalized spacial score (nSPS) is 14.2. The van der Waals surface area contributed by atoms with Crippen molar-refractivity contribution in [2.45, 2.75) is 19.6 Å². The minimum absolute atomic E-state index is 0.0729. The van der Waals surface area contributed by atoms with Crippen molar-refractivity contribution < 1.29 is 23.9 Å². The molecule has 52 heavy (non-hydrogen) atoms. The number of hydrogen-bond acceptors (Lipinski definition) is 6. The molecule has 0 saturated carbocycles. The second-order valence-electron chi connectivity index (χ2n) is 11.3. The van der Waals surface area contributed by atoms with E-state index in [2.05, 4.69) is 16.9 Å². The Labute approximate surface area is 317 Å². The molecular weight excluding hydrogens is 717 g/mol. The fourth-order valence-electron chi connectivity index (χ4n) is 5.24. The van der Waals surface area contributed by atoms with Crippen molar-refractivity contribution in [3.8, 4) is 11.5 Å². The van der Waals surface area contributed by atoms with Gasteiger partial charge in [0.15, 0.2) is 16.7 Å². The molecule has 4 aromatic carbocycles. The highest BCUT2D eigenvalue weighted by atomic mass is 35.5. The second kappa shape index (κ2) is 18.2. The fraction of sp³-hybridized carbons (Fsp3) is 0.122. The SMILES string of the molecule is C=C/C=C\C(=C/C)N1C(=O)/C(=C/c2ccc(OCc3ccc(Cl)c(Cl)c3)c(OC)c2)C(=O)N=C1SCC(=O)NC(c1ccccc1)c1ccccc1. The zero-order chi connectivity index (χ0) is 37.0. The molecule has 5 rings (SSSR count). The van der Waals surface area contributed by atoms with E-state index >= 15 is 0 Å². The highest BCUT2D eigenvalue weighted by Crippen LogP contribution is 2.32. The van der Waals surface area contributed by atoms with Gasteiger partial charge in [-0.15, -0.1) is 0 Å². The average Bonchev–Trinajstić information content (AvgIpc) is 3.17. The molecule has 8 nitrogen and oxygen atoms in total. The van der Waals surface area contributed by atoms with Crippen LogP contribution in [0.2, 0.25) is 10.0 Å². The van der Waals surface area contributed by atoms with Gasteiger partial charge in [-0.2, -0.15) is 4.99 Å². The van der Waals surface area contributed by atoms with Gasteiger partial charge in [-0.25, -0.2) is 0 Å². The maximum absolute atomic E-state index is 14.1. The van der Waals surface area contributed by atoms with Crippen LogP contribution in [0, 0.1) is 0 Å². The molecule has 1 heterocycles. The molecule has 264 valence electrons. The Balaban J connectivity index is 1.38. The van der Waals surface area contributed by atoms with Crippen LogP contribution in [0.1, 0.15) is 35.2 Å². The van der Waals surface area contributed by atoms with Gasteiger partial charge in [0, 0.05) is 5.70 Å². The van der Waals surface area contributed by atoms with Crippen LogP contribution in [0.15, 0.2) is 144 Å². The molecule has 0 fully saturated rings. The van der Waals surface area contributed by atoms with Crippen molar-refractivity contribution in [2.75, 3.05) is 12.9 Å². The summed E-state index contributed by atoms with van der Waals surface area (Å²) in [5, 5.41) is 4.03. The number of carbonyl (C=O) groups is 3. The van der Waals surface area contributed by atoms with Gasteiger partial charge in [-0.05, 0) is 65.6 Å². The number of nitrogens with zero attached hydrogens (tertiary/aromatic N) is 2. The monoisotopic (exact) mass is 751 g/mol. The standard InChI is InChI=1S/C41H35Cl2N3O5S/c1-4-6-17-31(5-2)46-40(49)32(22-27-19-21-35(36(24-27)50-3)51-25-28-18-20-33(42)34(43)23-28)39(48)45-41(46)52-26-37(47)44-38(29-13-9-7-10-14-29)30-15-11-8-12-16-30/h4-24,38H,1,25-26H2,2-3H3,(H,44,47)/b17-6-,31-5+,32-22+. The summed E-state index contributed by atoms with van der Waals surface area (Å²) in [4.78, 5) is 46.6. The van der Waals surface area contributed by atoms with Gasteiger partial charge in [0.2, 0.25) is 5.91 Å². The van der Waals surface area contributed by atoms with E-state index in [4.69, 9.17) is 32.7 Å². The van der Waals surface area contributed by atoms with Crippen molar-refractivity contribution in [1.82, 2.24) is 10.2 Å². The molecule has 0 radical (unpaired) electrons. The molecule has 1 aliphatic rings. The Morgan fingerprint density at radius 3 is 2.25 bits per heavy atom. The molecule has 4 aromatic rings. The summed E-state index contributed by atoms with van der Waals surface area (Å²) in [7, 11) is 1.49. The predicted molar refractivity (Wildman–Crippen MR) is 209 cm³/mol. The summed E-state index contributed by atoms with van der Waals surface area (Å²) in [6, 6.07) is 29.1. The molecule has 1 N–H and O–H groups in total. The Bertz CT molecular complexity index is 2040. The number of allylic oxidation sites excluding steroid dienone is 4. The molecule has 0 bridgehead atoms. The van der Waals surface area contributed by atoms with E-state index in [1.165, 1.54) is 18.1 Å². The van der Waals surface area contributed by atoms with Crippen LogP contribution in [-0.2, 0) is 21.0 Å². The van der Waals surface area contributed by atoms with Gasteiger partial charge in [0.05, 0.1) is 28.9 Å². The molecule has 0 aliphatic carbocycles. The van der Waals surface area contributed by atoms with Crippen LogP contribution in [0.25, 0.3) is 6.08 Å². The summed E-state index contributed by atoms with van der Waals surface area (Å²) in [6.45, 7) is 5.69. The molecule has 0 saturated heterocycles. The van der Waals surface area contributed by atoms with Crippen LogP contribution in [0.3, 0.4) is 0 Å². The summed E-state index contributed by atoms with van der Waals surface area (Å²) >= 11 is 13.2. The highest BCUT2D eigenvalue weighted by Gasteiger charge is 2.35. The van der Waals surface area contributed by atoms with Crippen molar-refractivity contribution in [1.29, 1.82) is 0 Å². The number of thioether (sulfide) groups is 1. The summed E-state index contributed by atoms with van der Waals surface area (Å²) < 4.78 is 11.5. The van der Waals surface area contributed by atoms with Crippen LogP contribution in [0.4, 0.5) is 0 Å². The van der Waals surface area contributed by atoms with Crippen LogP contribution in [-0.4, -0.2) is 40.7 Å². The first-order valence-electron chi connectivity index (χ1n) is 16.1. The zero-order valence-electron chi connectivity index (χ0n) is 28.4. The fourth-order valence-corrected chi connectivity index (χ4v) is 6.37. The zero-order valence-corrected chi connectivity index (χ0v) is 30.8. The number of benzene rings is 4. The number of nitrogens with one attached hydrogen (secondary N) is 1. The van der Waals surface area contributed by atoms with Gasteiger partial charge in [0.25, 0.3) is 11.8 Å². The van der Waals surface area contributed by atoms with E-state index in [-0.39, 0.29) is 29.0 Å². The van der Waals surface area contributed by atoms with E-state index in [9.17, 15) is 14.4 Å². The highest BCUT2D eigenvalue weighted by molar-refractivity contribution is 8.14. The number of ether oxygens (including phenoxy) is 2. The quantitative estimate of drug-likeness (QED) is 0.0833. The molecule has 0 aromatic heterocycles. The third kappa shape index (κ3) is 9.50. The van der Waals surface area contributed by atoms with Crippen LogP contribution in [0.5, 0.6) is 11.5 Å². The minimum atomic E-state index is -0.738. The third-order valence-electron chi connectivity index (χ3n) is 7.79. The van der Waals surface area contributed by atoms with Gasteiger partial charge >= 0.3 is 0 Å². The van der Waals surface area contributed by atoms with Gasteiger partial charge in [-0.3, -0.25) is 19.3 Å². The number of hydrogen-bond donors (Lipinski definition) is 1. The lowest BCUT2D eigenvalue weighted by molar-refractivity contribution is -0.126. The van der Waals surface area contributed by atoms with Gasteiger partial charge < -0.3 is 14.8 Å². The second-order valence-corrected chi connectivity index (χ2v) is 13.0. The van der Waals surface area contributed by atoms with E-state index in [1.54, 1.807) is 67.6 Å². The number of rotatable bonds is 13. The van der Waals surface area contributed by atoms with E-state index in [1.807, 2.05) is 60.7 Å². The Hall–Kier alpha value is -5.35. The number of carbonyl (C=O) groups excluding carboxylic acids is 3. The van der Waals surface area contributed by atoms with Crippen molar-refractivity contribution in [3.05, 3.63) is 172 Å².